The maximum absolute atomic E-state index is 12.2. The van der Waals surface area contributed by atoms with Gasteiger partial charge in [0.05, 0.1) is 33.7 Å². The van der Waals surface area contributed by atoms with Gasteiger partial charge >= 0.3 is 6.03 Å². The van der Waals surface area contributed by atoms with Crippen molar-refractivity contribution in [2.45, 2.75) is 26.1 Å². The van der Waals surface area contributed by atoms with E-state index < -0.39 is 0 Å². The summed E-state index contributed by atoms with van der Waals surface area (Å²) < 4.78 is 2.51. The lowest BCUT2D eigenvalue weighted by molar-refractivity contribution is 0.0954. The molecule has 1 N–H and O–H groups in total. The summed E-state index contributed by atoms with van der Waals surface area (Å²) in [7, 11) is 3.50. The van der Waals surface area contributed by atoms with E-state index in [4.69, 9.17) is 11.6 Å². The molecule has 3 heterocycles. The molecule has 0 atom stereocenters. The predicted octanol–water partition coefficient (Wildman–Crippen LogP) is 2.42. The number of aromatic nitrogens is 2. The molecule has 2 aromatic rings. The second kappa shape index (κ2) is 7.45. The molecule has 3 rings (SSSR count). The average molecular weight is 382 g/mol. The van der Waals surface area contributed by atoms with Crippen LogP contribution in [0.4, 0.5) is 4.79 Å². The van der Waals surface area contributed by atoms with Crippen LogP contribution in [0.15, 0.2) is 18.2 Å². The normalized spacial score (nSPS) is 14.0. The highest BCUT2D eigenvalue weighted by molar-refractivity contribution is 7.17. The van der Waals surface area contributed by atoms with E-state index in [-0.39, 0.29) is 11.9 Å². The third-order valence-electron chi connectivity index (χ3n) is 3.94. The first kappa shape index (κ1) is 17.8. The summed E-state index contributed by atoms with van der Waals surface area (Å²) in [4.78, 5) is 28.3. The van der Waals surface area contributed by atoms with Crippen molar-refractivity contribution >= 4 is 34.9 Å². The molecular formula is C16H20ClN5O2S. The SMILES string of the molecule is CN(C)C(=O)N1CCCn2nc(CNC(=O)c3ccc(Cl)s3)cc2C1. The first-order valence-corrected chi connectivity index (χ1v) is 9.19. The number of thiophene rings is 1. The van der Waals surface area contributed by atoms with E-state index in [1.54, 1.807) is 31.1 Å². The number of hydrogen-bond acceptors (Lipinski definition) is 4. The smallest absolute Gasteiger partial charge is 0.319 e. The van der Waals surface area contributed by atoms with Crippen molar-refractivity contribution in [2.24, 2.45) is 0 Å². The molecule has 25 heavy (non-hydrogen) atoms. The second-order valence-corrected chi connectivity index (χ2v) is 7.80. The number of fused-ring (bicyclic) bond motifs is 1. The number of carbonyl (C=O) groups excluding carboxylic acids is 2. The van der Waals surface area contributed by atoms with E-state index >= 15 is 0 Å². The molecule has 0 aromatic carbocycles. The molecule has 3 amide bonds. The van der Waals surface area contributed by atoms with Crippen LogP contribution in [0, 0.1) is 0 Å². The van der Waals surface area contributed by atoms with Crippen molar-refractivity contribution < 1.29 is 9.59 Å². The minimum atomic E-state index is -0.162. The van der Waals surface area contributed by atoms with Crippen molar-refractivity contribution in [1.82, 2.24) is 24.9 Å². The van der Waals surface area contributed by atoms with Gasteiger partial charge in [-0.2, -0.15) is 5.10 Å². The Hall–Kier alpha value is -2.06. The molecule has 2 aromatic heterocycles. The zero-order valence-electron chi connectivity index (χ0n) is 14.2. The number of amides is 3. The fourth-order valence-electron chi connectivity index (χ4n) is 2.75. The topological polar surface area (TPSA) is 70.5 Å². The van der Waals surface area contributed by atoms with Crippen LogP contribution < -0.4 is 5.32 Å². The monoisotopic (exact) mass is 381 g/mol. The molecule has 0 aliphatic carbocycles. The molecule has 0 fully saturated rings. The van der Waals surface area contributed by atoms with Gasteiger partial charge < -0.3 is 15.1 Å². The van der Waals surface area contributed by atoms with Gasteiger partial charge in [-0.3, -0.25) is 9.48 Å². The van der Waals surface area contributed by atoms with Crippen LogP contribution in [0.1, 0.15) is 27.5 Å². The van der Waals surface area contributed by atoms with Crippen LogP contribution in [-0.2, 0) is 19.6 Å². The van der Waals surface area contributed by atoms with E-state index in [2.05, 4.69) is 10.4 Å². The minimum Gasteiger partial charge on any atom is -0.346 e. The van der Waals surface area contributed by atoms with Crippen LogP contribution in [0.5, 0.6) is 0 Å². The second-order valence-electron chi connectivity index (χ2n) is 6.09. The van der Waals surface area contributed by atoms with Gasteiger partial charge in [0, 0.05) is 27.2 Å². The van der Waals surface area contributed by atoms with Crippen LogP contribution in [0.2, 0.25) is 4.34 Å². The van der Waals surface area contributed by atoms with Gasteiger partial charge in [0.2, 0.25) is 0 Å². The highest BCUT2D eigenvalue weighted by Gasteiger charge is 2.21. The molecule has 0 saturated heterocycles. The van der Waals surface area contributed by atoms with Crippen LogP contribution in [0.25, 0.3) is 0 Å². The molecule has 7 nitrogen and oxygen atoms in total. The standard InChI is InChI=1S/C16H20ClN5O2S/c1-20(2)16(24)21-6-3-7-22-12(10-21)8-11(19-22)9-18-15(23)13-4-5-14(17)25-13/h4-5,8H,3,6-7,9-10H2,1-2H3,(H,18,23). The van der Waals surface area contributed by atoms with E-state index in [0.717, 1.165) is 24.4 Å². The summed E-state index contributed by atoms with van der Waals surface area (Å²) in [6.45, 7) is 2.35. The molecule has 0 unspecified atom stereocenters. The molecule has 0 saturated carbocycles. The Labute approximate surface area is 155 Å². The van der Waals surface area contributed by atoms with Crippen molar-refractivity contribution in [2.75, 3.05) is 20.6 Å². The van der Waals surface area contributed by atoms with Gasteiger partial charge in [-0.1, -0.05) is 11.6 Å². The predicted molar refractivity (Wildman–Crippen MR) is 96.8 cm³/mol. The van der Waals surface area contributed by atoms with Gasteiger partial charge in [-0.25, -0.2) is 4.79 Å². The number of aryl methyl sites for hydroxylation is 1. The molecule has 134 valence electrons. The lowest BCUT2D eigenvalue weighted by Gasteiger charge is -2.23. The van der Waals surface area contributed by atoms with Gasteiger partial charge in [-0.15, -0.1) is 11.3 Å². The highest BCUT2D eigenvalue weighted by atomic mass is 35.5. The van der Waals surface area contributed by atoms with Crippen LogP contribution >= 0.6 is 22.9 Å². The van der Waals surface area contributed by atoms with Gasteiger partial charge in [0.1, 0.15) is 0 Å². The number of rotatable bonds is 3. The number of halogens is 1. The van der Waals surface area contributed by atoms with E-state index in [1.165, 1.54) is 11.3 Å². The van der Waals surface area contributed by atoms with Gasteiger partial charge in [-0.05, 0) is 24.6 Å². The molecule has 1 aliphatic rings. The summed E-state index contributed by atoms with van der Waals surface area (Å²) in [5, 5.41) is 7.40. The lowest BCUT2D eigenvalue weighted by atomic mass is 10.3. The van der Waals surface area contributed by atoms with E-state index in [1.807, 2.05) is 15.6 Å². The highest BCUT2D eigenvalue weighted by Crippen LogP contribution is 2.21. The fourth-order valence-corrected chi connectivity index (χ4v) is 3.71. The first-order valence-electron chi connectivity index (χ1n) is 7.99. The summed E-state index contributed by atoms with van der Waals surface area (Å²) in [6, 6.07) is 5.35. The molecule has 0 spiro atoms. The van der Waals surface area contributed by atoms with Crippen LogP contribution in [0.3, 0.4) is 0 Å². The van der Waals surface area contributed by atoms with Crippen molar-refractivity contribution in [3.8, 4) is 0 Å². The maximum Gasteiger partial charge on any atom is 0.319 e. The molecule has 0 radical (unpaired) electrons. The Balaban J connectivity index is 1.65. The van der Waals surface area contributed by atoms with Crippen molar-refractivity contribution in [1.29, 1.82) is 0 Å². The summed E-state index contributed by atoms with van der Waals surface area (Å²) in [5.74, 6) is -0.162. The Bertz CT molecular complexity index is 785. The minimum absolute atomic E-state index is 0.000855. The Kier molecular flexibility index (Phi) is 5.29. The quantitative estimate of drug-likeness (QED) is 0.887. The maximum atomic E-state index is 12.2. The summed E-state index contributed by atoms with van der Waals surface area (Å²) in [6.07, 6.45) is 0.855. The van der Waals surface area contributed by atoms with Gasteiger partial charge in [0.25, 0.3) is 5.91 Å². The average Bonchev–Trinajstić information content (AvgIpc) is 3.12. The number of nitrogens with one attached hydrogen (secondary N) is 1. The largest absolute Gasteiger partial charge is 0.346 e. The molecular weight excluding hydrogens is 362 g/mol. The lowest BCUT2D eigenvalue weighted by Crippen LogP contribution is -2.38. The first-order chi connectivity index (χ1) is 11.9. The van der Waals surface area contributed by atoms with Gasteiger partial charge in [0.15, 0.2) is 0 Å². The number of urea groups is 1. The molecule has 0 bridgehead atoms. The van der Waals surface area contributed by atoms with E-state index in [0.29, 0.717) is 28.8 Å². The van der Waals surface area contributed by atoms with Crippen molar-refractivity contribution in [3.63, 3.8) is 0 Å². The van der Waals surface area contributed by atoms with Crippen molar-refractivity contribution in [3.05, 3.63) is 38.8 Å². The third-order valence-corrected chi connectivity index (χ3v) is 5.17. The van der Waals surface area contributed by atoms with E-state index in [9.17, 15) is 9.59 Å². The fraction of sp³-hybridized carbons (Fsp3) is 0.438. The van der Waals surface area contributed by atoms with Crippen LogP contribution in [-0.4, -0.2) is 52.2 Å². The number of nitrogens with zero attached hydrogens (tertiary/aromatic N) is 4. The Morgan fingerprint density at radius 3 is 2.84 bits per heavy atom. The molecule has 1 aliphatic heterocycles. The molecule has 9 heteroatoms. The zero-order chi connectivity index (χ0) is 18.0. The zero-order valence-corrected chi connectivity index (χ0v) is 15.7. The Morgan fingerprint density at radius 2 is 2.16 bits per heavy atom. The summed E-state index contributed by atoms with van der Waals surface area (Å²) >= 11 is 7.10. The summed E-state index contributed by atoms with van der Waals surface area (Å²) in [5.41, 5.74) is 1.77. The number of carbonyl (C=O) groups is 2. The Morgan fingerprint density at radius 1 is 1.36 bits per heavy atom. The third kappa shape index (κ3) is 4.13. The number of hydrogen-bond donors (Lipinski definition) is 1.